The monoisotopic (exact) mass is 526 g/mol. The molecule has 190 valence electrons. The third-order valence-electron chi connectivity index (χ3n) is 5.92. The van der Waals surface area contributed by atoms with Crippen molar-refractivity contribution in [1.29, 1.82) is 0 Å². The normalized spacial score (nSPS) is 12.6. The summed E-state index contributed by atoms with van der Waals surface area (Å²) >= 11 is 7.57. The Morgan fingerprint density at radius 1 is 0.972 bits per heavy atom. The van der Waals surface area contributed by atoms with Gasteiger partial charge in [-0.1, -0.05) is 73.1 Å². The Hall–Kier alpha value is -2.83. The van der Waals surface area contributed by atoms with E-state index in [1.807, 2.05) is 68.4 Å². The lowest BCUT2D eigenvalue weighted by molar-refractivity contribution is -0.139. The van der Waals surface area contributed by atoms with Gasteiger partial charge < -0.3 is 10.2 Å². The van der Waals surface area contributed by atoms with Crippen molar-refractivity contribution in [1.82, 2.24) is 10.2 Å². The number of halogens is 2. The number of nitrogens with one attached hydrogen (secondary N) is 1. The molecule has 0 bridgehead atoms. The van der Waals surface area contributed by atoms with E-state index in [9.17, 15) is 14.0 Å². The Labute approximate surface area is 222 Å². The minimum atomic E-state index is -0.703. The smallest absolute Gasteiger partial charge is 0.243 e. The maximum absolute atomic E-state index is 13.6. The molecule has 0 aliphatic carbocycles. The van der Waals surface area contributed by atoms with E-state index in [1.54, 1.807) is 17.0 Å². The van der Waals surface area contributed by atoms with Crippen LogP contribution in [-0.4, -0.2) is 34.6 Å². The van der Waals surface area contributed by atoms with Gasteiger partial charge in [0, 0.05) is 29.8 Å². The molecule has 0 heterocycles. The van der Waals surface area contributed by atoms with Gasteiger partial charge in [0.25, 0.3) is 0 Å². The average Bonchev–Trinajstić information content (AvgIpc) is 2.87. The van der Waals surface area contributed by atoms with Crippen LogP contribution in [0, 0.1) is 5.82 Å². The zero-order valence-electron chi connectivity index (χ0n) is 20.6. The lowest BCUT2D eigenvalue weighted by Gasteiger charge is -2.32. The fraction of sp³-hybridized carbons (Fsp3) is 0.310. The third-order valence-corrected chi connectivity index (χ3v) is 7.15. The van der Waals surface area contributed by atoms with Crippen molar-refractivity contribution >= 4 is 35.2 Å². The molecule has 3 rings (SSSR count). The number of amides is 2. The van der Waals surface area contributed by atoms with Crippen LogP contribution in [0.25, 0.3) is 0 Å². The van der Waals surface area contributed by atoms with E-state index in [-0.39, 0.29) is 36.0 Å². The average molecular weight is 527 g/mol. The molecular formula is C29H32ClFN2O2S. The molecule has 0 radical (unpaired) electrons. The zero-order valence-corrected chi connectivity index (χ0v) is 22.2. The maximum atomic E-state index is 13.6. The molecule has 7 heteroatoms. The molecule has 0 aliphatic rings. The number of carbonyl (C=O) groups excluding carboxylic acids is 2. The van der Waals surface area contributed by atoms with Crippen LogP contribution in [0.1, 0.15) is 37.0 Å². The van der Waals surface area contributed by atoms with E-state index in [0.29, 0.717) is 17.2 Å². The molecule has 3 aromatic rings. The predicted octanol–water partition coefficient (Wildman–Crippen LogP) is 6.27. The summed E-state index contributed by atoms with van der Waals surface area (Å²) in [5, 5.41) is 3.71. The van der Waals surface area contributed by atoms with Gasteiger partial charge in [0.2, 0.25) is 11.8 Å². The topological polar surface area (TPSA) is 49.4 Å². The SMILES string of the molecule is CC[C@H](C)NC(=O)[C@@H](Cc1ccccc1)N(Cc1ccc(F)cc1)C(=O)CSCc1cccc(Cl)c1. The first kappa shape index (κ1) is 27.8. The lowest BCUT2D eigenvalue weighted by Crippen LogP contribution is -2.52. The molecule has 2 amide bonds. The number of nitrogens with zero attached hydrogens (tertiary/aromatic N) is 1. The Balaban J connectivity index is 1.85. The standard InChI is InChI=1S/C29H32ClFN2O2S/c1-3-21(2)32-29(35)27(17-22-8-5-4-6-9-22)33(18-23-12-14-26(31)15-13-23)28(34)20-36-19-24-10-7-11-25(30)16-24/h4-16,21,27H,3,17-20H2,1-2H3,(H,32,35)/t21-,27+/m0/s1. The van der Waals surface area contributed by atoms with E-state index in [1.165, 1.54) is 23.9 Å². The van der Waals surface area contributed by atoms with Gasteiger partial charge in [-0.05, 0) is 54.3 Å². The van der Waals surface area contributed by atoms with E-state index < -0.39 is 6.04 Å². The summed E-state index contributed by atoms with van der Waals surface area (Å²) in [5.41, 5.74) is 2.75. The van der Waals surface area contributed by atoms with Crippen LogP contribution in [0.15, 0.2) is 78.9 Å². The van der Waals surface area contributed by atoms with Gasteiger partial charge in [0.1, 0.15) is 11.9 Å². The fourth-order valence-corrected chi connectivity index (χ4v) is 4.82. The summed E-state index contributed by atoms with van der Waals surface area (Å²) in [6.45, 7) is 4.16. The van der Waals surface area contributed by atoms with Gasteiger partial charge in [-0.15, -0.1) is 11.8 Å². The molecule has 36 heavy (non-hydrogen) atoms. The molecule has 0 unspecified atom stereocenters. The van der Waals surface area contributed by atoms with Crippen molar-refractivity contribution in [3.05, 3.63) is 106 Å². The van der Waals surface area contributed by atoms with E-state index in [2.05, 4.69) is 5.32 Å². The summed E-state index contributed by atoms with van der Waals surface area (Å²) in [7, 11) is 0. The van der Waals surface area contributed by atoms with Gasteiger partial charge in [-0.2, -0.15) is 0 Å². The molecule has 0 saturated carbocycles. The van der Waals surface area contributed by atoms with Crippen LogP contribution >= 0.6 is 23.4 Å². The molecule has 0 spiro atoms. The second-order valence-corrected chi connectivity index (χ2v) is 10.2. The van der Waals surface area contributed by atoms with E-state index in [4.69, 9.17) is 11.6 Å². The second-order valence-electron chi connectivity index (χ2n) is 8.79. The van der Waals surface area contributed by atoms with Gasteiger partial charge in [0.05, 0.1) is 5.75 Å². The number of hydrogen-bond acceptors (Lipinski definition) is 3. The molecule has 0 aromatic heterocycles. The number of rotatable bonds is 12. The van der Waals surface area contributed by atoms with Crippen molar-refractivity contribution in [3.63, 3.8) is 0 Å². The molecular weight excluding hydrogens is 495 g/mol. The minimum absolute atomic E-state index is 0.0178. The van der Waals surface area contributed by atoms with Crippen molar-refractivity contribution in [3.8, 4) is 0 Å². The number of hydrogen-bond donors (Lipinski definition) is 1. The van der Waals surface area contributed by atoms with Gasteiger partial charge in [0.15, 0.2) is 0 Å². The Morgan fingerprint density at radius 3 is 2.33 bits per heavy atom. The lowest BCUT2D eigenvalue weighted by atomic mass is 10.0. The highest BCUT2D eigenvalue weighted by atomic mass is 35.5. The second kappa shape index (κ2) is 14.0. The number of carbonyl (C=O) groups is 2. The molecule has 0 saturated heterocycles. The van der Waals surface area contributed by atoms with Crippen molar-refractivity contribution in [2.45, 2.75) is 51.1 Å². The van der Waals surface area contributed by atoms with Crippen molar-refractivity contribution in [2.75, 3.05) is 5.75 Å². The highest BCUT2D eigenvalue weighted by Crippen LogP contribution is 2.20. The highest BCUT2D eigenvalue weighted by molar-refractivity contribution is 7.99. The van der Waals surface area contributed by atoms with Gasteiger partial charge >= 0.3 is 0 Å². The summed E-state index contributed by atoms with van der Waals surface area (Å²) in [4.78, 5) is 28.7. The zero-order chi connectivity index (χ0) is 25.9. The van der Waals surface area contributed by atoms with Crippen molar-refractivity contribution in [2.24, 2.45) is 0 Å². The quantitative estimate of drug-likeness (QED) is 0.303. The summed E-state index contributed by atoms with van der Waals surface area (Å²) in [5.74, 6) is 0.147. The van der Waals surface area contributed by atoms with Crippen LogP contribution in [-0.2, 0) is 28.3 Å². The minimum Gasteiger partial charge on any atom is -0.352 e. The summed E-state index contributed by atoms with van der Waals surface area (Å²) in [6.07, 6.45) is 1.17. The first-order chi connectivity index (χ1) is 17.4. The molecule has 0 aliphatic heterocycles. The molecule has 0 fully saturated rings. The molecule has 4 nitrogen and oxygen atoms in total. The largest absolute Gasteiger partial charge is 0.352 e. The molecule has 1 N–H and O–H groups in total. The first-order valence-electron chi connectivity index (χ1n) is 12.1. The molecule has 3 aromatic carbocycles. The maximum Gasteiger partial charge on any atom is 0.243 e. The van der Waals surface area contributed by atoms with Gasteiger partial charge in [-0.25, -0.2) is 4.39 Å². The predicted molar refractivity (Wildman–Crippen MR) is 146 cm³/mol. The first-order valence-corrected chi connectivity index (χ1v) is 13.6. The summed E-state index contributed by atoms with van der Waals surface area (Å²) < 4.78 is 13.5. The van der Waals surface area contributed by atoms with E-state index >= 15 is 0 Å². The number of thioether (sulfide) groups is 1. The fourth-order valence-electron chi connectivity index (χ4n) is 3.75. The highest BCUT2D eigenvalue weighted by Gasteiger charge is 2.30. The van der Waals surface area contributed by atoms with Crippen molar-refractivity contribution < 1.29 is 14.0 Å². The van der Waals surface area contributed by atoms with Crippen LogP contribution in [0.2, 0.25) is 5.02 Å². The summed E-state index contributed by atoms with van der Waals surface area (Å²) in [6, 6.07) is 22.6. The molecule has 2 atom stereocenters. The Kier molecular flexibility index (Phi) is 10.8. The van der Waals surface area contributed by atoms with E-state index in [0.717, 1.165) is 23.1 Å². The Bertz CT molecular complexity index is 1130. The Morgan fingerprint density at radius 2 is 1.67 bits per heavy atom. The van der Waals surface area contributed by atoms with Crippen LogP contribution in [0.5, 0.6) is 0 Å². The number of benzene rings is 3. The third kappa shape index (κ3) is 8.68. The van der Waals surface area contributed by atoms with Gasteiger partial charge in [-0.3, -0.25) is 9.59 Å². The van der Waals surface area contributed by atoms with Crippen LogP contribution in [0.4, 0.5) is 4.39 Å². The van der Waals surface area contributed by atoms with Crippen LogP contribution in [0.3, 0.4) is 0 Å². The van der Waals surface area contributed by atoms with Crippen LogP contribution < -0.4 is 5.32 Å².